The summed E-state index contributed by atoms with van der Waals surface area (Å²) in [5.74, 6) is 0. The van der Waals surface area contributed by atoms with Crippen LogP contribution in [-0.4, -0.2) is 44.7 Å². The van der Waals surface area contributed by atoms with Crippen LogP contribution >= 0.6 is 0 Å². The van der Waals surface area contributed by atoms with Crippen LogP contribution in [0.2, 0.25) is 0 Å². The predicted molar refractivity (Wildman–Crippen MR) is 92.1 cm³/mol. The zero-order chi connectivity index (χ0) is 15.2. The minimum atomic E-state index is 0.684. The Labute approximate surface area is 130 Å². The molecule has 1 aliphatic rings. The molecule has 1 heterocycles. The van der Waals surface area contributed by atoms with Crippen LogP contribution in [0, 0.1) is 6.92 Å². The van der Waals surface area contributed by atoms with E-state index in [2.05, 4.69) is 61.3 Å². The molecule has 21 heavy (non-hydrogen) atoms. The SMILES string of the molecule is CCCNCc1ccc(N2CCCC(N(C)C)C2)c(C)c1. The third-order valence-corrected chi connectivity index (χ3v) is 4.48. The Morgan fingerprint density at radius 2 is 2.14 bits per heavy atom. The topological polar surface area (TPSA) is 18.5 Å². The first-order valence-corrected chi connectivity index (χ1v) is 8.33. The summed E-state index contributed by atoms with van der Waals surface area (Å²) in [5.41, 5.74) is 4.22. The predicted octanol–water partition coefficient (Wildman–Crippen LogP) is 3.03. The number of rotatable bonds is 6. The highest BCUT2D eigenvalue weighted by atomic mass is 15.2. The van der Waals surface area contributed by atoms with Crippen LogP contribution < -0.4 is 10.2 Å². The highest BCUT2D eigenvalue weighted by Gasteiger charge is 2.22. The molecular weight excluding hydrogens is 258 g/mol. The molecule has 1 aromatic carbocycles. The Morgan fingerprint density at radius 1 is 1.33 bits per heavy atom. The molecule has 1 atom stereocenters. The van der Waals surface area contributed by atoms with Gasteiger partial charge in [-0.1, -0.05) is 19.1 Å². The van der Waals surface area contributed by atoms with Gasteiger partial charge in [0, 0.05) is 31.4 Å². The van der Waals surface area contributed by atoms with Crippen molar-refractivity contribution in [1.29, 1.82) is 0 Å². The van der Waals surface area contributed by atoms with Gasteiger partial charge in [0.1, 0.15) is 0 Å². The first kappa shape index (κ1) is 16.3. The third kappa shape index (κ3) is 4.45. The average molecular weight is 289 g/mol. The Kier molecular flexibility index (Phi) is 6.07. The number of hydrogen-bond acceptors (Lipinski definition) is 3. The molecule has 0 amide bonds. The highest BCUT2D eigenvalue weighted by Crippen LogP contribution is 2.25. The summed E-state index contributed by atoms with van der Waals surface area (Å²) in [6.45, 7) is 8.88. The number of hydrogen-bond donors (Lipinski definition) is 1. The van der Waals surface area contributed by atoms with Crippen LogP contribution in [-0.2, 0) is 6.54 Å². The molecule has 0 aliphatic carbocycles. The second-order valence-corrected chi connectivity index (χ2v) is 6.50. The van der Waals surface area contributed by atoms with E-state index in [4.69, 9.17) is 0 Å². The van der Waals surface area contributed by atoms with Gasteiger partial charge >= 0.3 is 0 Å². The summed E-state index contributed by atoms with van der Waals surface area (Å²) < 4.78 is 0. The van der Waals surface area contributed by atoms with E-state index in [1.165, 1.54) is 42.6 Å². The molecule has 3 nitrogen and oxygen atoms in total. The summed E-state index contributed by atoms with van der Waals surface area (Å²) in [6, 6.07) is 7.63. The van der Waals surface area contributed by atoms with Gasteiger partial charge < -0.3 is 15.1 Å². The van der Waals surface area contributed by atoms with Gasteiger partial charge in [-0.2, -0.15) is 0 Å². The normalized spacial score (nSPS) is 19.3. The molecule has 1 N–H and O–H groups in total. The van der Waals surface area contributed by atoms with Crippen molar-refractivity contribution in [3.8, 4) is 0 Å². The summed E-state index contributed by atoms with van der Waals surface area (Å²) in [7, 11) is 4.40. The van der Waals surface area contributed by atoms with Gasteiger partial charge in [0.25, 0.3) is 0 Å². The highest BCUT2D eigenvalue weighted by molar-refractivity contribution is 5.55. The van der Waals surface area contributed by atoms with E-state index in [-0.39, 0.29) is 0 Å². The fourth-order valence-corrected chi connectivity index (χ4v) is 3.19. The fourth-order valence-electron chi connectivity index (χ4n) is 3.19. The molecule has 1 fully saturated rings. The Balaban J connectivity index is 2.02. The molecule has 0 spiro atoms. The van der Waals surface area contributed by atoms with Crippen LogP contribution in [0.1, 0.15) is 37.3 Å². The molecule has 0 radical (unpaired) electrons. The maximum absolute atomic E-state index is 3.48. The van der Waals surface area contributed by atoms with Crippen molar-refractivity contribution in [2.75, 3.05) is 38.6 Å². The number of piperidine rings is 1. The second-order valence-electron chi connectivity index (χ2n) is 6.50. The summed E-state index contributed by atoms with van der Waals surface area (Å²) in [6.07, 6.45) is 3.81. The molecule has 1 aromatic rings. The van der Waals surface area contributed by atoms with E-state index in [1.807, 2.05) is 0 Å². The van der Waals surface area contributed by atoms with Crippen LogP contribution in [0.25, 0.3) is 0 Å². The standard InChI is InChI=1S/C18H31N3/c1-5-10-19-13-16-8-9-18(15(2)12-16)21-11-6-7-17(14-21)20(3)4/h8-9,12,17,19H,5-7,10-11,13-14H2,1-4H3. The number of aryl methyl sites for hydroxylation is 1. The molecule has 0 saturated carbocycles. The maximum atomic E-state index is 3.48. The Bertz CT molecular complexity index is 442. The molecule has 0 aromatic heterocycles. The zero-order valence-electron chi connectivity index (χ0n) is 14.2. The van der Waals surface area contributed by atoms with E-state index in [1.54, 1.807) is 0 Å². The molecule has 2 rings (SSSR count). The zero-order valence-corrected chi connectivity index (χ0v) is 14.2. The quantitative estimate of drug-likeness (QED) is 0.812. The van der Waals surface area contributed by atoms with E-state index in [9.17, 15) is 0 Å². The van der Waals surface area contributed by atoms with Crippen LogP contribution in [0.5, 0.6) is 0 Å². The third-order valence-electron chi connectivity index (χ3n) is 4.48. The first-order chi connectivity index (χ1) is 10.1. The number of likely N-dealkylation sites (N-methyl/N-ethyl adjacent to an activating group) is 1. The van der Waals surface area contributed by atoms with Gasteiger partial charge in [-0.3, -0.25) is 0 Å². The Morgan fingerprint density at radius 3 is 2.81 bits per heavy atom. The first-order valence-electron chi connectivity index (χ1n) is 8.33. The number of anilines is 1. The van der Waals surface area contributed by atoms with Crippen molar-refractivity contribution in [1.82, 2.24) is 10.2 Å². The van der Waals surface area contributed by atoms with Crippen molar-refractivity contribution in [3.63, 3.8) is 0 Å². The molecule has 3 heteroatoms. The van der Waals surface area contributed by atoms with Crippen molar-refractivity contribution in [2.24, 2.45) is 0 Å². The lowest BCUT2D eigenvalue weighted by Crippen LogP contribution is -2.45. The maximum Gasteiger partial charge on any atom is 0.0396 e. The number of nitrogens with zero attached hydrogens (tertiary/aromatic N) is 2. The van der Waals surface area contributed by atoms with Gasteiger partial charge in [0.15, 0.2) is 0 Å². The molecule has 0 bridgehead atoms. The van der Waals surface area contributed by atoms with Crippen molar-refractivity contribution < 1.29 is 0 Å². The van der Waals surface area contributed by atoms with Crippen LogP contribution in [0.4, 0.5) is 5.69 Å². The monoisotopic (exact) mass is 289 g/mol. The summed E-state index contributed by atoms with van der Waals surface area (Å²) in [4.78, 5) is 4.93. The second kappa shape index (κ2) is 7.81. The number of benzene rings is 1. The van der Waals surface area contributed by atoms with E-state index < -0.39 is 0 Å². The van der Waals surface area contributed by atoms with Gasteiger partial charge in [-0.05, 0) is 64.0 Å². The molecule has 1 unspecified atom stereocenters. The van der Waals surface area contributed by atoms with Crippen molar-refractivity contribution >= 4 is 5.69 Å². The van der Waals surface area contributed by atoms with Crippen molar-refractivity contribution in [3.05, 3.63) is 29.3 Å². The molecular formula is C18H31N3. The Hall–Kier alpha value is -1.06. The van der Waals surface area contributed by atoms with E-state index >= 15 is 0 Å². The lowest BCUT2D eigenvalue weighted by atomic mass is 10.0. The lowest BCUT2D eigenvalue weighted by molar-refractivity contribution is 0.258. The van der Waals surface area contributed by atoms with Gasteiger partial charge in [0.05, 0.1) is 0 Å². The van der Waals surface area contributed by atoms with Crippen molar-refractivity contribution in [2.45, 2.75) is 45.7 Å². The molecule has 1 saturated heterocycles. The lowest BCUT2D eigenvalue weighted by Gasteiger charge is -2.38. The van der Waals surface area contributed by atoms with E-state index in [0.717, 1.165) is 19.6 Å². The summed E-state index contributed by atoms with van der Waals surface area (Å²) >= 11 is 0. The minimum absolute atomic E-state index is 0.684. The van der Waals surface area contributed by atoms with E-state index in [0.29, 0.717) is 6.04 Å². The molecule has 1 aliphatic heterocycles. The minimum Gasteiger partial charge on any atom is -0.370 e. The smallest absolute Gasteiger partial charge is 0.0396 e. The average Bonchev–Trinajstić information content (AvgIpc) is 2.48. The largest absolute Gasteiger partial charge is 0.370 e. The van der Waals surface area contributed by atoms with Crippen LogP contribution in [0.3, 0.4) is 0 Å². The van der Waals surface area contributed by atoms with Crippen LogP contribution in [0.15, 0.2) is 18.2 Å². The van der Waals surface area contributed by atoms with Gasteiger partial charge in [0.2, 0.25) is 0 Å². The van der Waals surface area contributed by atoms with Gasteiger partial charge in [-0.25, -0.2) is 0 Å². The fraction of sp³-hybridized carbons (Fsp3) is 0.667. The summed E-state index contributed by atoms with van der Waals surface area (Å²) in [5, 5.41) is 3.48. The van der Waals surface area contributed by atoms with Gasteiger partial charge in [-0.15, -0.1) is 0 Å². The number of nitrogens with one attached hydrogen (secondary N) is 1. The molecule has 118 valence electrons.